The highest BCUT2D eigenvalue weighted by molar-refractivity contribution is 5.94. The second-order valence-corrected chi connectivity index (χ2v) is 5.47. The number of nitrogens with one attached hydrogen (secondary N) is 3. The van der Waals surface area contributed by atoms with Crippen molar-refractivity contribution in [3.63, 3.8) is 0 Å². The molecule has 2 atom stereocenters. The number of hydrogen-bond acceptors (Lipinski definition) is 4. The van der Waals surface area contributed by atoms with Gasteiger partial charge >= 0.3 is 6.03 Å². The van der Waals surface area contributed by atoms with Gasteiger partial charge in [-0.05, 0) is 38.4 Å². The normalized spacial score (nSPS) is 21.0. The van der Waals surface area contributed by atoms with Gasteiger partial charge in [-0.1, -0.05) is 0 Å². The average molecular weight is 306 g/mol. The van der Waals surface area contributed by atoms with E-state index in [1.807, 2.05) is 0 Å². The quantitative estimate of drug-likeness (QED) is 0.676. The minimum atomic E-state index is -0.668. The predicted octanol–water partition coefficient (Wildman–Crippen LogP) is 1.51. The molecule has 1 aromatic rings. The Morgan fingerprint density at radius 1 is 1.36 bits per heavy atom. The van der Waals surface area contributed by atoms with Gasteiger partial charge < -0.3 is 26.4 Å². The fourth-order valence-corrected chi connectivity index (χ4v) is 2.62. The lowest BCUT2D eigenvalue weighted by atomic mass is 9.92. The molecular formula is C15H22N4O3. The van der Waals surface area contributed by atoms with E-state index in [0.29, 0.717) is 23.2 Å². The lowest BCUT2D eigenvalue weighted by molar-refractivity contribution is -0.120. The number of amides is 3. The molecule has 0 spiro atoms. The monoisotopic (exact) mass is 306 g/mol. The number of carbonyl (C=O) groups is 2. The van der Waals surface area contributed by atoms with Crippen molar-refractivity contribution in [2.75, 3.05) is 24.3 Å². The molecule has 1 heterocycles. The fraction of sp³-hybridized carbons (Fsp3) is 0.467. The van der Waals surface area contributed by atoms with Crippen molar-refractivity contribution >= 4 is 23.3 Å². The van der Waals surface area contributed by atoms with Gasteiger partial charge in [0.15, 0.2) is 0 Å². The zero-order valence-electron chi connectivity index (χ0n) is 12.8. The van der Waals surface area contributed by atoms with Crippen molar-refractivity contribution in [2.24, 2.45) is 11.7 Å². The van der Waals surface area contributed by atoms with Gasteiger partial charge in [0.2, 0.25) is 5.91 Å². The molecule has 1 saturated heterocycles. The van der Waals surface area contributed by atoms with Crippen molar-refractivity contribution in [1.82, 2.24) is 5.32 Å². The third-order valence-corrected chi connectivity index (χ3v) is 3.72. The molecule has 0 saturated carbocycles. The van der Waals surface area contributed by atoms with E-state index in [4.69, 9.17) is 10.5 Å². The molecule has 7 heteroatoms. The van der Waals surface area contributed by atoms with Gasteiger partial charge in [-0.25, -0.2) is 4.79 Å². The van der Waals surface area contributed by atoms with Crippen LogP contribution in [0.4, 0.5) is 16.2 Å². The first-order chi connectivity index (χ1) is 10.5. The summed E-state index contributed by atoms with van der Waals surface area (Å²) >= 11 is 0. The molecule has 1 aliphatic heterocycles. The minimum Gasteiger partial charge on any atom is -0.494 e. The maximum Gasteiger partial charge on any atom is 0.316 e. The second kappa shape index (κ2) is 7.13. The fourth-order valence-electron chi connectivity index (χ4n) is 2.62. The van der Waals surface area contributed by atoms with Crippen LogP contribution in [0.25, 0.3) is 0 Å². The van der Waals surface area contributed by atoms with Crippen LogP contribution in [-0.4, -0.2) is 31.6 Å². The molecule has 3 amide bonds. The first-order valence-electron chi connectivity index (χ1n) is 7.28. The zero-order chi connectivity index (χ0) is 16.1. The number of rotatable bonds is 4. The molecule has 2 rings (SSSR count). The Bertz CT molecular complexity index is 562. The molecule has 0 aromatic heterocycles. The van der Waals surface area contributed by atoms with E-state index in [1.54, 1.807) is 18.2 Å². The van der Waals surface area contributed by atoms with Crippen molar-refractivity contribution in [3.05, 3.63) is 18.2 Å². The van der Waals surface area contributed by atoms with E-state index in [-0.39, 0.29) is 11.8 Å². The van der Waals surface area contributed by atoms with Crippen LogP contribution in [-0.2, 0) is 4.79 Å². The van der Waals surface area contributed by atoms with Crippen LogP contribution in [0.15, 0.2) is 18.2 Å². The number of ether oxygens (including phenoxy) is 1. The topological polar surface area (TPSA) is 105 Å². The molecule has 1 fully saturated rings. The number of nitrogens with two attached hydrogens (primary N) is 1. The molecule has 1 aromatic carbocycles. The molecule has 0 aliphatic carbocycles. The number of anilines is 2. The van der Waals surface area contributed by atoms with Gasteiger partial charge in [-0.3, -0.25) is 4.79 Å². The predicted molar refractivity (Wildman–Crippen MR) is 85.0 cm³/mol. The number of primary amides is 1. The number of hydrogen-bond donors (Lipinski definition) is 4. The lowest BCUT2D eigenvalue weighted by Crippen LogP contribution is -2.40. The van der Waals surface area contributed by atoms with E-state index in [2.05, 4.69) is 22.9 Å². The third-order valence-electron chi connectivity index (χ3n) is 3.72. The summed E-state index contributed by atoms with van der Waals surface area (Å²) in [6.45, 7) is 2.93. The summed E-state index contributed by atoms with van der Waals surface area (Å²) in [5.41, 5.74) is 6.19. The third kappa shape index (κ3) is 4.11. The largest absolute Gasteiger partial charge is 0.494 e. The molecule has 0 bridgehead atoms. The summed E-state index contributed by atoms with van der Waals surface area (Å²) in [7, 11) is 1.49. The maximum atomic E-state index is 12.3. The first kappa shape index (κ1) is 16.1. The van der Waals surface area contributed by atoms with Crippen molar-refractivity contribution in [1.29, 1.82) is 0 Å². The van der Waals surface area contributed by atoms with Crippen LogP contribution in [0.2, 0.25) is 0 Å². The highest BCUT2D eigenvalue weighted by Crippen LogP contribution is 2.28. The SMILES string of the molecule is COc1cc(NC(=O)[C@H]2CCN[C@@H](C)C2)ccc1NC(N)=O. The Morgan fingerprint density at radius 3 is 2.77 bits per heavy atom. The standard InChI is InChI=1S/C15H22N4O3/c1-9-7-10(5-6-17-9)14(20)18-11-3-4-12(19-15(16)21)13(8-11)22-2/h3-4,8-10,17H,5-7H2,1-2H3,(H,18,20)(H3,16,19,21)/t9-,10-/m0/s1. The van der Waals surface area contributed by atoms with Gasteiger partial charge in [0.25, 0.3) is 0 Å². The van der Waals surface area contributed by atoms with Crippen LogP contribution in [0, 0.1) is 5.92 Å². The minimum absolute atomic E-state index is 0.00525. The van der Waals surface area contributed by atoms with Crippen LogP contribution < -0.4 is 26.4 Å². The number of methoxy groups -OCH3 is 1. The Kier molecular flexibility index (Phi) is 5.21. The van der Waals surface area contributed by atoms with Crippen molar-refractivity contribution in [3.8, 4) is 5.75 Å². The summed E-state index contributed by atoms with van der Waals surface area (Å²) in [5.74, 6) is 0.451. The second-order valence-electron chi connectivity index (χ2n) is 5.47. The van der Waals surface area contributed by atoms with Crippen molar-refractivity contribution in [2.45, 2.75) is 25.8 Å². The molecular weight excluding hydrogens is 284 g/mol. The van der Waals surface area contributed by atoms with Crippen LogP contribution in [0.5, 0.6) is 5.75 Å². The number of carbonyl (C=O) groups excluding carboxylic acids is 2. The van der Waals surface area contributed by atoms with Gasteiger partial charge in [-0.2, -0.15) is 0 Å². The van der Waals surface area contributed by atoms with E-state index in [9.17, 15) is 9.59 Å². The number of piperidine rings is 1. The van der Waals surface area contributed by atoms with E-state index in [1.165, 1.54) is 7.11 Å². The molecule has 0 radical (unpaired) electrons. The van der Waals surface area contributed by atoms with E-state index >= 15 is 0 Å². The number of urea groups is 1. The summed E-state index contributed by atoms with van der Waals surface area (Å²) < 4.78 is 5.20. The molecule has 1 aliphatic rings. The smallest absolute Gasteiger partial charge is 0.316 e. The number of benzene rings is 1. The van der Waals surface area contributed by atoms with Gasteiger partial charge in [0.1, 0.15) is 5.75 Å². The molecule has 0 unspecified atom stereocenters. The van der Waals surface area contributed by atoms with E-state index in [0.717, 1.165) is 19.4 Å². The molecule has 5 N–H and O–H groups in total. The Balaban J connectivity index is 2.06. The summed E-state index contributed by atoms with van der Waals surface area (Å²) in [4.78, 5) is 23.2. The maximum absolute atomic E-state index is 12.3. The van der Waals surface area contributed by atoms with Crippen molar-refractivity contribution < 1.29 is 14.3 Å². The molecule has 120 valence electrons. The average Bonchev–Trinajstić information content (AvgIpc) is 2.48. The van der Waals surface area contributed by atoms with Gasteiger partial charge in [0, 0.05) is 23.7 Å². The highest BCUT2D eigenvalue weighted by Gasteiger charge is 2.24. The highest BCUT2D eigenvalue weighted by atomic mass is 16.5. The van der Waals surface area contributed by atoms with Crippen LogP contribution >= 0.6 is 0 Å². The van der Waals surface area contributed by atoms with Gasteiger partial charge in [-0.15, -0.1) is 0 Å². The van der Waals surface area contributed by atoms with Crippen LogP contribution in [0.3, 0.4) is 0 Å². The molecule has 22 heavy (non-hydrogen) atoms. The van der Waals surface area contributed by atoms with Crippen LogP contribution in [0.1, 0.15) is 19.8 Å². The lowest BCUT2D eigenvalue weighted by Gasteiger charge is -2.27. The van der Waals surface area contributed by atoms with Gasteiger partial charge in [0.05, 0.1) is 12.8 Å². The first-order valence-corrected chi connectivity index (χ1v) is 7.28. The summed E-state index contributed by atoms with van der Waals surface area (Å²) in [6.07, 6.45) is 1.65. The Morgan fingerprint density at radius 2 is 2.14 bits per heavy atom. The Hall–Kier alpha value is -2.28. The van der Waals surface area contributed by atoms with E-state index < -0.39 is 6.03 Å². The zero-order valence-corrected chi connectivity index (χ0v) is 12.8. The summed E-state index contributed by atoms with van der Waals surface area (Å²) in [6, 6.07) is 4.69. The Labute approximate surface area is 129 Å². The molecule has 7 nitrogen and oxygen atoms in total. The summed E-state index contributed by atoms with van der Waals surface area (Å²) in [5, 5.41) is 8.69.